The molecule has 3 rings (SSSR count). The molecule has 2 N–H and O–H groups in total. The Bertz CT molecular complexity index is 664. The summed E-state index contributed by atoms with van der Waals surface area (Å²) in [4.78, 5) is 6.19. The molecule has 1 aromatic carbocycles. The van der Waals surface area contributed by atoms with Crippen molar-refractivity contribution in [3.8, 4) is 5.75 Å². The maximum atomic E-state index is 14.0. The van der Waals surface area contributed by atoms with E-state index in [0.717, 1.165) is 11.4 Å². The molecule has 0 saturated carbocycles. The fourth-order valence-electron chi connectivity index (χ4n) is 2.52. The van der Waals surface area contributed by atoms with Crippen LogP contribution in [0.1, 0.15) is 22.9 Å². The number of benzene rings is 1. The van der Waals surface area contributed by atoms with Gasteiger partial charge in [0.05, 0.1) is 13.0 Å². The first-order valence-electron chi connectivity index (χ1n) is 6.50. The van der Waals surface area contributed by atoms with Gasteiger partial charge in [0.1, 0.15) is 0 Å². The first-order valence-corrected chi connectivity index (χ1v) is 6.50. The van der Waals surface area contributed by atoms with Gasteiger partial charge in [0.15, 0.2) is 17.4 Å². The molecule has 2 aromatic heterocycles. The lowest BCUT2D eigenvalue weighted by Crippen LogP contribution is -2.06. The Labute approximate surface area is 120 Å². The van der Waals surface area contributed by atoms with Crippen LogP contribution in [0.4, 0.5) is 8.78 Å². The minimum atomic E-state index is -0.712. The monoisotopic (exact) mass is 288 g/mol. The van der Waals surface area contributed by atoms with Gasteiger partial charge in [-0.2, -0.15) is 0 Å². The van der Waals surface area contributed by atoms with Crippen molar-refractivity contribution in [2.24, 2.45) is 0 Å². The summed E-state index contributed by atoms with van der Waals surface area (Å²) in [7, 11) is 1.24. The predicted molar refractivity (Wildman–Crippen MR) is 75.4 cm³/mol. The SMILES string of the molecule is COc1c(F)cc(C(c2ccc[nH]2)c2ccc[nH]2)cc1F. The second-order valence-corrected chi connectivity index (χ2v) is 4.70. The van der Waals surface area contributed by atoms with Gasteiger partial charge < -0.3 is 14.7 Å². The topological polar surface area (TPSA) is 40.8 Å². The van der Waals surface area contributed by atoms with E-state index in [1.807, 2.05) is 24.3 Å². The summed E-state index contributed by atoms with van der Waals surface area (Å²) in [5, 5.41) is 0. The van der Waals surface area contributed by atoms with Crippen LogP contribution in [0.5, 0.6) is 5.75 Å². The fourth-order valence-corrected chi connectivity index (χ4v) is 2.52. The number of aromatic nitrogens is 2. The Balaban J connectivity index is 2.14. The van der Waals surface area contributed by atoms with Gasteiger partial charge in [0, 0.05) is 23.8 Å². The second-order valence-electron chi connectivity index (χ2n) is 4.70. The maximum Gasteiger partial charge on any atom is 0.190 e. The molecule has 0 radical (unpaired) electrons. The van der Waals surface area contributed by atoms with E-state index >= 15 is 0 Å². The predicted octanol–water partition coefficient (Wildman–Crippen LogP) is 3.81. The quantitative estimate of drug-likeness (QED) is 0.753. The van der Waals surface area contributed by atoms with Gasteiger partial charge in [-0.25, -0.2) is 8.78 Å². The zero-order chi connectivity index (χ0) is 14.8. The summed E-state index contributed by atoms with van der Waals surface area (Å²) in [6, 6.07) is 10.1. The van der Waals surface area contributed by atoms with Gasteiger partial charge in [-0.05, 0) is 42.0 Å². The van der Waals surface area contributed by atoms with Crippen LogP contribution < -0.4 is 4.74 Å². The van der Waals surface area contributed by atoms with Gasteiger partial charge in [-0.15, -0.1) is 0 Å². The average Bonchev–Trinajstić information content (AvgIpc) is 3.12. The summed E-state index contributed by atoms with van der Waals surface area (Å²) in [6.45, 7) is 0. The lowest BCUT2D eigenvalue weighted by Gasteiger charge is -2.16. The molecule has 0 fully saturated rings. The maximum absolute atomic E-state index is 14.0. The van der Waals surface area contributed by atoms with Crippen molar-refractivity contribution < 1.29 is 13.5 Å². The number of hydrogen-bond donors (Lipinski definition) is 2. The summed E-state index contributed by atoms with van der Waals surface area (Å²) in [5.41, 5.74) is 2.21. The van der Waals surface area contributed by atoms with E-state index < -0.39 is 11.6 Å². The Hall–Kier alpha value is -2.56. The molecule has 0 spiro atoms. The Morgan fingerprint density at radius 1 is 0.952 bits per heavy atom. The zero-order valence-corrected chi connectivity index (χ0v) is 11.4. The van der Waals surface area contributed by atoms with Gasteiger partial charge >= 0.3 is 0 Å². The third kappa shape index (κ3) is 2.42. The first-order chi connectivity index (χ1) is 10.2. The van der Waals surface area contributed by atoms with Crippen LogP contribution in [0.2, 0.25) is 0 Å². The van der Waals surface area contributed by atoms with E-state index in [9.17, 15) is 8.78 Å². The summed E-state index contributed by atoms with van der Waals surface area (Å²) in [6.07, 6.45) is 3.56. The molecule has 0 aliphatic carbocycles. The fraction of sp³-hybridized carbons (Fsp3) is 0.125. The van der Waals surface area contributed by atoms with Crippen molar-refractivity contribution in [2.75, 3.05) is 7.11 Å². The molecule has 2 heterocycles. The lowest BCUT2D eigenvalue weighted by molar-refractivity contribution is 0.359. The largest absolute Gasteiger partial charge is 0.491 e. The number of nitrogens with one attached hydrogen (secondary N) is 2. The van der Waals surface area contributed by atoms with E-state index in [-0.39, 0.29) is 11.7 Å². The molecule has 0 atom stereocenters. The molecule has 108 valence electrons. The second kappa shape index (κ2) is 5.44. The Kier molecular flexibility index (Phi) is 3.48. The molecule has 0 aliphatic rings. The summed E-state index contributed by atoms with van der Waals surface area (Å²) < 4.78 is 32.7. The Morgan fingerprint density at radius 2 is 1.48 bits per heavy atom. The van der Waals surface area contributed by atoms with E-state index in [0.29, 0.717) is 5.56 Å². The van der Waals surface area contributed by atoms with E-state index in [1.165, 1.54) is 19.2 Å². The van der Waals surface area contributed by atoms with Crippen molar-refractivity contribution in [2.45, 2.75) is 5.92 Å². The van der Waals surface area contributed by atoms with Gasteiger partial charge in [0.2, 0.25) is 0 Å². The van der Waals surface area contributed by atoms with Crippen molar-refractivity contribution in [1.82, 2.24) is 9.97 Å². The average molecular weight is 288 g/mol. The number of methoxy groups -OCH3 is 1. The third-order valence-corrected chi connectivity index (χ3v) is 3.42. The molecule has 0 saturated heterocycles. The molecular weight excluding hydrogens is 274 g/mol. The highest BCUT2D eigenvalue weighted by Gasteiger charge is 2.22. The smallest absolute Gasteiger partial charge is 0.190 e. The number of H-pyrrole nitrogens is 2. The number of ether oxygens (including phenoxy) is 1. The highest BCUT2D eigenvalue weighted by Crippen LogP contribution is 2.33. The zero-order valence-electron chi connectivity index (χ0n) is 11.4. The van der Waals surface area contributed by atoms with E-state index in [1.54, 1.807) is 12.4 Å². The van der Waals surface area contributed by atoms with Crippen LogP contribution >= 0.6 is 0 Å². The van der Waals surface area contributed by atoms with Crippen LogP contribution in [0, 0.1) is 11.6 Å². The van der Waals surface area contributed by atoms with Gasteiger partial charge in [-0.1, -0.05) is 0 Å². The molecule has 3 aromatic rings. The van der Waals surface area contributed by atoms with E-state index in [2.05, 4.69) is 9.97 Å². The number of aromatic amines is 2. The van der Waals surface area contributed by atoms with E-state index in [4.69, 9.17) is 4.74 Å². The molecule has 21 heavy (non-hydrogen) atoms. The lowest BCUT2D eigenvalue weighted by atomic mass is 9.92. The molecule has 5 heteroatoms. The molecule has 0 amide bonds. The van der Waals surface area contributed by atoms with Crippen molar-refractivity contribution >= 4 is 0 Å². The number of halogens is 2. The van der Waals surface area contributed by atoms with Crippen LogP contribution in [0.15, 0.2) is 48.8 Å². The van der Waals surface area contributed by atoms with Gasteiger partial charge in [0.25, 0.3) is 0 Å². The number of rotatable bonds is 4. The molecule has 0 aliphatic heterocycles. The van der Waals surface area contributed by atoms with Gasteiger partial charge in [-0.3, -0.25) is 0 Å². The molecule has 0 bridgehead atoms. The minimum absolute atomic E-state index is 0.301. The first kappa shape index (κ1) is 13.4. The normalized spacial score (nSPS) is 11.0. The molecule has 3 nitrogen and oxygen atoms in total. The highest BCUT2D eigenvalue weighted by atomic mass is 19.1. The third-order valence-electron chi connectivity index (χ3n) is 3.42. The summed E-state index contributed by atoms with van der Waals surface area (Å²) >= 11 is 0. The minimum Gasteiger partial charge on any atom is -0.491 e. The van der Waals surface area contributed by atoms with Crippen LogP contribution in [-0.4, -0.2) is 17.1 Å². The van der Waals surface area contributed by atoms with Crippen molar-refractivity contribution in [1.29, 1.82) is 0 Å². The number of hydrogen-bond acceptors (Lipinski definition) is 1. The van der Waals surface area contributed by atoms with Crippen LogP contribution in [0.3, 0.4) is 0 Å². The molecule has 0 unspecified atom stereocenters. The summed E-state index contributed by atoms with van der Waals surface area (Å²) in [5.74, 6) is -2.09. The molecular formula is C16H14F2N2O. The van der Waals surface area contributed by atoms with Crippen molar-refractivity contribution in [3.05, 3.63) is 77.4 Å². The Morgan fingerprint density at radius 3 is 1.86 bits per heavy atom. The van der Waals surface area contributed by atoms with Crippen LogP contribution in [0.25, 0.3) is 0 Å². The van der Waals surface area contributed by atoms with Crippen molar-refractivity contribution in [3.63, 3.8) is 0 Å². The highest BCUT2D eigenvalue weighted by molar-refractivity contribution is 5.41. The standard InChI is InChI=1S/C16H14F2N2O/c1-21-16-11(17)8-10(9-12(16)18)15(13-4-2-6-19-13)14-5-3-7-20-14/h2-9,15,19-20H,1H3. The van der Waals surface area contributed by atoms with Crippen LogP contribution in [-0.2, 0) is 0 Å².